The monoisotopic (exact) mass is 303 g/mol. The Balaban J connectivity index is 2.03. The lowest BCUT2D eigenvalue weighted by Gasteiger charge is -2.42. The number of hydrogen-bond donors (Lipinski definition) is 1. The molecule has 1 saturated heterocycles. The first kappa shape index (κ1) is 17.0. The van der Waals surface area contributed by atoms with Crippen molar-refractivity contribution < 1.29 is 4.79 Å². The molecular weight excluding hydrogens is 274 g/mol. The van der Waals surface area contributed by atoms with Gasteiger partial charge < -0.3 is 10.6 Å². The summed E-state index contributed by atoms with van der Waals surface area (Å²) < 4.78 is 0. The summed E-state index contributed by atoms with van der Waals surface area (Å²) in [7, 11) is 0. The molecule has 4 heteroatoms. The van der Waals surface area contributed by atoms with Crippen molar-refractivity contribution in [3.63, 3.8) is 0 Å². The number of amides is 1. The van der Waals surface area contributed by atoms with Gasteiger partial charge in [-0.2, -0.15) is 0 Å². The van der Waals surface area contributed by atoms with Crippen LogP contribution in [0.3, 0.4) is 0 Å². The zero-order valence-electron chi connectivity index (χ0n) is 14.0. The zero-order chi connectivity index (χ0) is 16.1. The fraction of sp³-hybridized carbons (Fsp3) is 0.611. The van der Waals surface area contributed by atoms with Crippen LogP contribution in [0.2, 0.25) is 0 Å². The molecule has 2 atom stereocenters. The molecule has 1 aromatic rings. The topological polar surface area (TPSA) is 49.6 Å². The largest absolute Gasteiger partial charge is 0.335 e. The highest BCUT2D eigenvalue weighted by molar-refractivity contribution is 5.81. The third-order valence-electron chi connectivity index (χ3n) is 4.32. The number of nitrogens with two attached hydrogens (primary N) is 1. The fourth-order valence-corrected chi connectivity index (χ4v) is 3.33. The molecule has 0 saturated carbocycles. The average molecular weight is 303 g/mol. The van der Waals surface area contributed by atoms with Crippen LogP contribution in [0.15, 0.2) is 30.3 Å². The molecule has 122 valence electrons. The summed E-state index contributed by atoms with van der Waals surface area (Å²) in [5.41, 5.74) is 7.17. The van der Waals surface area contributed by atoms with Crippen LogP contribution in [0.25, 0.3) is 0 Å². The molecule has 1 aliphatic heterocycles. The first-order valence-corrected chi connectivity index (χ1v) is 8.33. The van der Waals surface area contributed by atoms with Gasteiger partial charge in [-0.1, -0.05) is 30.3 Å². The second-order valence-electron chi connectivity index (χ2n) is 6.64. The summed E-state index contributed by atoms with van der Waals surface area (Å²) >= 11 is 0. The van der Waals surface area contributed by atoms with Crippen LogP contribution in [0.4, 0.5) is 0 Å². The first-order chi connectivity index (χ1) is 10.5. The van der Waals surface area contributed by atoms with Crippen molar-refractivity contribution in [2.45, 2.75) is 58.3 Å². The third kappa shape index (κ3) is 4.31. The summed E-state index contributed by atoms with van der Waals surface area (Å²) in [6.45, 7) is 8.93. The summed E-state index contributed by atoms with van der Waals surface area (Å²) in [5, 5.41) is 0. The van der Waals surface area contributed by atoms with E-state index in [0.29, 0.717) is 0 Å². The molecule has 0 aromatic heterocycles. The fourth-order valence-electron chi connectivity index (χ4n) is 3.33. The van der Waals surface area contributed by atoms with Gasteiger partial charge in [0.1, 0.15) is 0 Å². The number of carbonyl (C=O) groups excluding carboxylic acids is 1. The molecule has 0 bridgehead atoms. The number of hydrogen-bond acceptors (Lipinski definition) is 3. The highest BCUT2D eigenvalue weighted by Gasteiger charge is 2.31. The van der Waals surface area contributed by atoms with Crippen molar-refractivity contribution in [3.8, 4) is 0 Å². The third-order valence-corrected chi connectivity index (χ3v) is 4.32. The maximum atomic E-state index is 12.4. The Bertz CT molecular complexity index is 472. The Morgan fingerprint density at radius 3 is 2.59 bits per heavy atom. The van der Waals surface area contributed by atoms with Gasteiger partial charge >= 0.3 is 0 Å². The lowest BCUT2D eigenvalue weighted by molar-refractivity contribution is -0.138. The number of nitrogens with zero attached hydrogens (tertiary/aromatic N) is 2. The van der Waals surface area contributed by atoms with E-state index in [2.05, 4.69) is 43.0 Å². The minimum absolute atomic E-state index is 0.0709. The average Bonchev–Trinajstić information content (AvgIpc) is 2.48. The number of benzene rings is 1. The molecule has 1 aliphatic rings. The van der Waals surface area contributed by atoms with E-state index in [9.17, 15) is 4.79 Å². The lowest BCUT2D eigenvalue weighted by Crippen LogP contribution is -2.56. The van der Waals surface area contributed by atoms with Gasteiger partial charge in [0, 0.05) is 25.2 Å². The number of likely N-dealkylation sites (tertiary alicyclic amines) is 1. The second-order valence-corrected chi connectivity index (χ2v) is 6.64. The molecule has 1 fully saturated rings. The van der Waals surface area contributed by atoms with Gasteiger partial charge in [-0.05, 0) is 45.7 Å². The van der Waals surface area contributed by atoms with Gasteiger partial charge in [-0.15, -0.1) is 0 Å². The normalized spacial score (nSPS) is 20.9. The summed E-state index contributed by atoms with van der Waals surface area (Å²) in [6, 6.07) is 10.6. The lowest BCUT2D eigenvalue weighted by atomic mass is 10.0. The second kappa shape index (κ2) is 7.75. The summed E-state index contributed by atoms with van der Waals surface area (Å²) in [5.74, 6) is 0.0709. The van der Waals surface area contributed by atoms with Crippen LogP contribution in [0, 0.1) is 0 Å². The van der Waals surface area contributed by atoms with Gasteiger partial charge in [0.15, 0.2) is 0 Å². The Labute approximate surface area is 134 Å². The van der Waals surface area contributed by atoms with Gasteiger partial charge in [0.05, 0.1) is 6.04 Å². The Morgan fingerprint density at radius 1 is 1.32 bits per heavy atom. The Kier molecular flexibility index (Phi) is 5.98. The van der Waals surface area contributed by atoms with Gasteiger partial charge in [-0.3, -0.25) is 9.69 Å². The molecule has 0 spiro atoms. The maximum Gasteiger partial charge on any atom is 0.239 e. The summed E-state index contributed by atoms with van der Waals surface area (Å²) in [6.07, 6.45) is 2.20. The van der Waals surface area contributed by atoms with E-state index < -0.39 is 6.04 Å². The molecule has 2 N–H and O–H groups in total. The standard InChI is InChI=1S/C18H29N3O/c1-14(2)21(18(22)15(3)19)17-10-7-11-20(13-17)12-16-8-5-4-6-9-16/h4-6,8-9,14-15,17H,7,10-13,19H2,1-3H3/t15-,17-/m0/s1. The number of carbonyl (C=O) groups is 1. The van der Waals surface area contributed by atoms with Crippen LogP contribution < -0.4 is 5.73 Å². The van der Waals surface area contributed by atoms with Crippen LogP contribution in [-0.4, -0.2) is 46.9 Å². The minimum atomic E-state index is -0.424. The quantitative estimate of drug-likeness (QED) is 0.907. The van der Waals surface area contributed by atoms with Gasteiger partial charge in [-0.25, -0.2) is 0 Å². The molecule has 4 nitrogen and oxygen atoms in total. The number of rotatable bonds is 5. The van der Waals surface area contributed by atoms with Gasteiger partial charge in [0.25, 0.3) is 0 Å². The number of piperidine rings is 1. The van der Waals surface area contributed by atoms with Gasteiger partial charge in [0.2, 0.25) is 5.91 Å². The highest BCUT2D eigenvalue weighted by atomic mass is 16.2. The molecule has 1 aromatic carbocycles. The molecular formula is C18H29N3O. The molecule has 1 heterocycles. The van der Waals surface area contributed by atoms with E-state index in [4.69, 9.17) is 5.73 Å². The molecule has 0 radical (unpaired) electrons. The van der Waals surface area contributed by atoms with Crippen LogP contribution >= 0.6 is 0 Å². The van der Waals surface area contributed by atoms with E-state index in [0.717, 1.165) is 32.5 Å². The predicted molar refractivity (Wildman–Crippen MR) is 90.4 cm³/mol. The Morgan fingerprint density at radius 2 is 2.00 bits per heavy atom. The molecule has 0 unspecified atom stereocenters. The van der Waals surface area contributed by atoms with E-state index >= 15 is 0 Å². The minimum Gasteiger partial charge on any atom is -0.335 e. The van der Waals surface area contributed by atoms with E-state index in [1.165, 1.54) is 5.56 Å². The summed E-state index contributed by atoms with van der Waals surface area (Å²) in [4.78, 5) is 16.9. The predicted octanol–water partition coefficient (Wildman–Crippen LogP) is 2.24. The zero-order valence-corrected chi connectivity index (χ0v) is 14.0. The smallest absolute Gasteiger partial charge is 0.239 e. The van der Waals surface area contributed by atoms with Crippen LogP contribution in [0.5, 0.6) is 0 Å². The first-order valence-electron chi connectivity index (χ1n) is 8.33. The van der Waals surface area contributed by atoms with E-state index in [1.54, 1.807) is 6.92 Å². The van der Waals surface area contributed by atoms with Crippen molar-refractivity contribution in [2.24, 2.45) is 5.73 Å². The SMILES string of the molecule is CC(C)N(C(=O)[C@H](C)N)[C@H]1CCCN(Cc2ccccc2)C1. The van der Waals surface area contributed by atoms with Crippen LogP contribution in [0.1, 0.15) is 39.2 Å². The van der Waals surface area contributed by atoms with Crippen molar-refractivity contribution >= 4 is 5.91 Å². The molecule has 0 aliphatic carbocycles. The molecule has 22 heavy (non-hydrogen) atoms. The van der Waals surface area contributed by atoms with Crippen molar-refractivity contribution in [3.05, 3.63) is 35.9 Å². The highest BCUT2D eigenvalue weighted by Crippen LogP contribution is 2.20. The maximum absolute atomic E-state index is 12.4. The molecule has 2 rings (SSSR count). The van der Waals surface area contributed by atoms with Crippen molar-refractivity contribution in [1.82, 2.24) is 9.80 Å². The van der Waals surface area contributed by atoms with E-state index in [1.807, 2.05) is 11.0 Å². The van der Waals surface area contributed by atoms with Crippen molar-refractivity contribution in [2.75, 3.05) is 13.1 Å². The Hall–Kier alpha value is -1.39. The van der Waals surface area contributed by atoms with E-state index in [-0.39, 0.29) is 18.0 Å². The molecule has 1 amide bonds. The van der Waals surface area contributed by atoms with Crippen LogP contribution in [-0.2, 0) is 11.3 Å². The van der Waals surface area contributed by atoms with Crippen molar-refractivity contribution in [1.29, 1.82) is 0 Å².